The van der Waals surface area contributed by atoms with E-state index in [0.29, 0.717) is 17.5 Å². The average molecular weight is 393 g/mol. The van der Waals surface area contributed by atoms with E-state index in [4.69, 9.17) is 9.26 Å². The number of hydrogen-bond acceptors (Lipinski definition) is 5. The van der Waals surface area contributed by atoms with Crippen molar-refractivity contribution in [3.63, 3.8) is 0 Å². The highest BCUT2D eigenvalue weighted by atomic mass is 16.5. The van der Waals surface area contributed by atoms with Crippen LogP contribution in [0.3, 0.4) is 0 Å². The van der Waals surface area contributed by atoms with E-state index in [1.54, 1.807) is 6.92 Å². The summed E-state index contributed by atoms with van der Waals surface area (Å²) in [6.07, 6.45) is -0.644. The number of carbonyl (C=O) groups is 1. The number of amides is 1. The summed E-state index contributed by atoms with van der Waals surface area (Å²) in [5, 5.41) is 6.75. The first-order chi connectivity index (χ1) is 13.7. The van der Waals surface area contributed by atoms with Crippen molar-refractivity contribution in [2.45, 2.75) is 52.7 Å². The minimum absolute atomic E-state index is 0.0723. The summed E-state index contributed by atoms with van der Waals surface area (Å²) in [7, 11) is 0. The van der Waals surface area contributed by atoms with Gasteiger partial charge in [0.2, 0.25) is 11.7 Å². The molecule has 0 spiro atoms. The van der Waals surface area contributed by atoms with Crippen LogP contribution in [0.4, 0.5) is 0 Å². The molecule has 0 aliphatic carbocycles. The molecule has 1 heterocycles. The van der Waals surface area contributed by atoms with E-state index in [1.807, 2.05) is 55.5 Å². The molecule has 1 amide bonds. The van der Waals surface area contributed by atoms with E-state index in [9.17, 15) is 4.79 Å². The highest BCUT2D eigenvalue weighted by molar-refractivity contribution is 5.80. The van der Waals surface area contributed by atoms with Gasteiger partial charge >= 0.3 is 0 Å². The van der Waals surface area contributed by atoms with Crippen molar-refractivity contribution in [2.75, 3.05) is 0 Å². The van der Waals surface area contributed by atoms with E-state index in [1.165, 1.54) is 5.56 Å². The van der Waals surface area contributed by atoms with Gasteiger partial charge in [0.05, 0.1) is 6.54 Å². The van der Waals surface area contributed by atoms with Crippen LogP contribution < -0.4 is 10.1 Å². The molecule has 1 atom stereocenters. The Morgan fingerprint density at radius 2 is 1.90 bits per heavy atom. The fourth-order valence-electron chi connectivity index (χ4n) is 2.83. The standard InChI is InChI=1S/C23H27N3O3/c1-15-7-6-8-17(13-15)21-25-20(29-26-21)14-24-22(27)16(2)28-19-11-9-18(10-12-19)23(3,4)5/h6-13,16H,14H2,1-5H3,(H,24,27)/t16-/m1/s1. The first kappa shape index (κ1) is 20.6. The van der Waals surface area contributed by atoms with Crippen LogP contribution in [0.1, 0.15) is 44.7 Å². The molecular formula is C23H27N3O3. The molecule has 29 heavy (non-hydrogen) atoms. The normalized spacial score (nSPS) is 12.4. The van der Waals surface area contributed by atoms with Gasteiger partial charge in [0.1, 0.15) is 5.75 Å². The molecule has 0 radical (unpaired) electrons. The Balaban J connectivity index is 1.54. The van der Waals surface area contributed by atoms with Crippen LogP contribution >= 0.6 is 0 Å². The minimum atomic E-state index is -0.644. The van der Waals surface area contributed by atoms with Gasteiger partial charge in [-0.15, -0.1) is 0 Å². The maximum Gasteiger partial charge on any atom is 0.261 e. The lowest BCUT2D eigenvalue weighted by atomic mass is 9.87. The molecule has 2 aromatic carbocycles. The van der Waals surface area contributed by atoms with Crippen LogP contribution in [0.25, 0.3) is 11.4 Å². The van der Waals surface area contributed by atoms with Crippen molar-refractivity contribution in [3.05, 3.63) is 65.5 Å². The molecule has 0 aliphatic rings. The number of nitrogens with one attached hydrogen (secondary N) is 1. The van der Waals surface area contributed by atoms with Gasteiger partial charge in [-0.1, -0.05) is 61.8 Å². The van der Waals surface area contributed by atoms with Crippen molar-refractivity contribution in [1.29, 1.82) is 0 Å². The Labute approximate surface area is 171 Å². The molecular weight excluding hydrogens is 366 g/mol. The molecule has 0 fully saturated rings. The highest BCUT2D eigenvalue weighted by Crippen LogP contribution is 2.24. The van der Waals surface area contributed by atoms with Crippen molar-refractivity contribution < 1.29 is 14.1 Å². The summed E-state index contributed by atoms with van der Waals surface area (Å²) in [5.74, 6) is 1.25. The zero-order chi connectivity index (χ0) is 21.0. The van der Waals surface area contributed by atoms with Gasteiger partial charge in [0.25, 0.3) is 5.91 Å². The third-order valence-corrected chi connectivity index (χ3v) is 4.56. The molecule has 3 aromatic rings. The topological polar surface area (TPSA) is 77.2 Å². The van der Waals surface area contributed by atoms with Crippen LogP contribution in [0.15, 0.2) is 53.1 Å². The number of aromatic nitrogens is 2. The van der Waals surface area contributed by atoms with Crippen molar-refractivity contribution >= 4 is 5.91 Å². The predicted molar refractivity (Wildman–Crippen MR) is 112 cm³/mol. The second-order valence-electron chi connectivity index (χ2n) is 8.13. The number of rotatable bonds is 6. The highest BCUT2D eigenvalue weighted by Gasteiger charge is 2.17. The zero-order valence-corrected chi connectivity index (χ0v) is 17.5. The lowest BCUT2D eigenvalue weighted by Gasteiger charge is -2.20. The van der Waals surface area contributed by atoms with Crippen LogP contribution in [-0.2, 0) is 16.8 Å². The van der Waals surface area contributed by atoms with Gasteiger partial charge in [0, 0.05) is 5.56 Å². The maximum absolute atomic E-state index is 12.3. The number of benzene rings is 2. The van der Waals surface area contributed by atoms with Crippen LogP contribution in [0.5, 0.6) is 5.75 Å². The van der Waals surface area contributed by atoms with E-state index < -0.39 is 6.10 Å². The Kier molecular flexibility index (Phi) is 6.01. The summed E-state index contributed by atoms with van der Waals surface area (Å²) >= 11 is 0. The van der Waals surface area contributed by atoms with Gasteiger partial charge < -0.3 is 14.6 Å². The summed E-state index contributed by atoms with van der Waals surface area (Å²) in [6.45, 7) is 10.3. The number of carbonyl (C=O) groups excluding carboxylic acids is 1. The maximum atomic E-state index is 12.3. The van der Waals surface area contributed by atoms with Gasteiger partial charge in [0.15, 0.2) is 6.10 Å². The number of aryl methyl sites for hydroxylation is 1. The third kappa shape index (κ3) is 5.44. The minimum Gasteiger partial charge on any atom is -0.481 e. The van der Waals surface area contributed by atoms with E-state index in [2.05, 4.69) is 36.2 Å². The predicted octanol–water partition coefficient (Wildman–Crippen LogP) is 4.43. The number of ether oxygens (including phenoxy) is 1. The van der Waals surface area contributed by atoms with Crippen molar-refractivity contribution in [3.8, 4) is 17.1 Å². The summed E-state index contributed by atoms with van der Waals surface area (Å²) < 4.78 is 11.0. The SMILES string of the molecule is Cc1cccc(-c2noc(CNC(=O)[C@@H](C)Oc3ccc(C(C)(C)C)cc3)n2)c1. The Bertz CT molecular complexity index is 972. The van der Waals surface area contributed by atoms with Gasteiger partial charge in [-0.2, -0.15) is 4.98 Å². The molecule has 0 aliphatic heterocycles. The zero-order valence-electron chi connectivity index (χ0n) is 17.5. The monoisotopic (exact) mass is 393 g/mol. The number of nitrogens with zero attached hydrogens (tertiary/aromatic N) is 2. The van der Waals surface area contributed by atoms with Crippen molar-refractivity contribution in [1.82, 2.24) is 15.5 Å². The molecule has 0 saturated heterocycles. The smallest absolute Gasteiger partial charge is 0.261 e. The molecule has 0 bridgehead atoms. The molecule has 0 unspecified atom stereocenters. The molecule has 152 valence electrons. The first-order valence-electron chi connectivity index (χ1n) is 9.67. The average Bonchev–Trinajstić information content (AvgIpc) is 3.15. The Hall–Kier alpha value is -3.15. The lowest BCUT2D eigenvalue weighted by Crippen LogP contribution is -2.36. The van der Waals surface area contributed by atoms with Crippen LogP contribution in [0, 0.1) is 6.92 Å². The molecule has 0 saturated carbocycles. The third-order valence-electron chi connectivity index (χ3n) is 4.56. The molecule has 6 nitrogen and oxygen atoms in total. The fraction of sp³-hybridized carbons (Fsp3) is 0.348. The van der Waals surface area contributed by atoms with Gasteiger partial charge in [-0.05, 0) is 43.0 Å². The van der Waals surface area contributed by atoms with Gasteiger partial charge in [-0.3, -0.25) is 4.79 Å². The molecule has 6 heteroatoms. The Morgan fingerprint density at radius 1 is 1.17 bits per heavy atom. The second kappa shape index (κ2) is 8.47. The van der Waals surface area contributed by atoms with Crippen molar-refractivity contribution in [2.24, 2.45) is 0 Å². The quantitative estimate of drug-likeness (QED) is 0.670. The van der Waals surface area contributed by atoms with Gasteiger partial charge in [-0.25, -0.2) is 0 Å². The van der Waals surface area contributed by atoms with E-state index in [0.717, 1.165) is 11.1 Å². The molecule has 3 rings (SSSR count). The largest absolute Gasteiger partial charge is 0.481 e. The molecule has 1 N–H and O–H groups in total. The molecule has 1 aromatic heterocycles. The second-order valence-corrected chi connectivity index (χ2v) is 8.13. The first-order valence-corrected chi connectivity index (χ1v) is 9.67. The number of hydrogen-bond donors (Lipinski definition) is 1. The van der Waals surface area contributed by atoms with E-state index in [-0.39, 0.29) is 17.9 Å². The summed E-state index contributed by atoms with van der Waals surface area (Å²) in [5.41, 5.74) is 3.27. The van der Waals surface area contributed by atoms with Crippen LogP contribution in [0.2, 0.25) is 0 Å². The lowest BCUT2D eigenvalue weighted by molar-refractivity contribution is -0.127. The summed E-state index contributed by atoms with van der Waals surface area (Å²) in [4.78, 5) is 16.7. The Morgan fingerprint density at radius 3 is 2.55 bits per heavy atom. The van der Waals surface area contributed by atoms with E-state index >= 15 is 0 Å². The summed E-state index contributed by atoms with van der Waals surface area (Å²) in [6, 6.07) is 15.6. The fourth-order valence-corrected chi connectivity index (χ4v) is 2.83. The van der Waals surface area contributed by atoms with Crippen LogP contribution in [-0.4, -0.2) is 22.2 Å².